The predicted octanol–water partition coefficient (Wildman–Crippen LogP) is 2.62. The van der Waals surface area contributed by atoms with Crippen LogP contribution in [0.3, 0.4) is 0 Å². The van der Waals surface area contributed by atoms with E-state index in [1.54, 1.807) is 36.4 Å². The second kappa shape index (κ2) is 6.09. The van der Waals surface area contributed by atoms with Crippen LogP contribution in [0.1, 0.15) is 26.3 Å². The van der Waals surface area contributed by atoms with Crippen molar-refractivity contribution in [1.82, 2.24) is 0 Å². The van der Waals surface area contributed by atoms with E-state index in [1.165, 1.54) is 7.11 Å². The van der Waals surface area contributed by atoms with Crippen molar-refractivity contribution in [2.75, 3.05) is 18.2 Å². The van der Waals surface area contributed by atoms with Gasteiger partial charge in [0, 0.05) is 11.4 Å². The Kier molecular flexibility index (Phi) is 4.23. The van der Waals surface area contributed by atoms with Gasteiger partial charge in [-0.15, -0.1) is 0 Å². The topological polar surface area (TPSA) is 81.4 Å². The summed E-state index contributed by atoms with van der Waals surface area (Å²) < 4.78 is 4.65. The fourth-order valence-electron chi connectivity index (χ4n) is 2.04. The van der Waals surface area contributed by atoms with Crippen molar-refractivity contribution in [2.45, 2.75) is 6.92 Å². The van der Waals surface area contributed by atoms with Gasteiger partial charge in [0.25, 0.3) is 5.91 Å². The minimum Gasteiger partial charge on any atom is -0.465 e. The monoisotopic (exact) mass is 284 g/mol. The zero-order chi connectivity index (χ0) is 15.4. The van der Waals surface area contributed by atoms with Gasteiger partial charge in [0.05, 0.1) is 18.2 Å². The van der Waals surface area contributed by atoms with E-state index in [0.29, 0.717) is 22.5 Å². The van der Waals surface area contributed by atoms with Gasteiger partial charge in [0.15, 0.2) is 0 Å². The van der Waals surface area contributed by atoms with Gasteiger partial charge in [-0.2, -0.15) is 0 Å². The molecule has 5 nitrogen and oxygen atoms in total. The molecule has 0 atom stereocenters. The summed E-state index contributed by atoms with van der Waals surface area (Å²) >= 11 is 0. The highest BCUT2D eigenvalue weighted by Crippen LogP contribution is 2.19. The molecule has 0 aromatic heterocycles. The Morgan fingerprint density at radius 1 is 1.14 bits per heavy atom. The lowest BCUT2D eigenvalue weighted by atomic mass is 10.1. The van der Waals surface area contributed by atoms with E-state index >= 15 is 0 Å². The molecule has 0 spiro atoms. The van der Waals surface area contributed by atoms with Crippen LogP contribution in [-0.2, 0) is 4.74 Å². The summed E-state index contributed by atoms with van der Waals surface area (Å²) in [6, 6.07) is 11.8. The number of nitrogen functional groups attached to an aromatic ring is 1. The molecular formula is C16H16N2O3. The zero-order valence-corrected chi connectivity index (χ0v) is 11.8. The van der Waals surface area contributed by atoms with E-state index in [-0.39, 0.29) is 5.91 Å². The number of hydrogen-bond acceptors (Lipinski definition) is 4. The van der Waals surface area contributed by atoms with Gasteiger partial charge in [0.1, 0.15) is 0 Å². The molecule has 0 bridgehead atoms. The van der Waals surface area contributed by atoms with E-state index in [1.807, 2.05) is 13.0 Å². The molecule has 21 heavy (non-hydrogen) atoms. The number of methoxy groups -OCH3 is 1. The van der Waals surface area contributed by atoms with E-state index < -0.39 is 5.97 Å². The second-order valence-electron chi connectivity index (χ2n) is 4.57. The minimum atomic E-state index is -0.457. The van der Waals surface area contributed by atoms with E-state index in [2.05, 4.69) is 10.1 Å². The first-order chi connectivity index (χ1) is 10.0. The van der Waals surface area contributed by atoms with E-state index in [0.717, 1.165) is 5.56 Å². The molecule has 0 aliphatic heterocycles. The van der Waals surface area contributed by atoms with Gasteiger partial charge in [-0.25, -0.2) is 4.79 Å². The molecule has 3 N–H and O–H groups in total. The molecule has 2 aromatic carbocycles. The lowest BCUT2D eigenvalue weighted by molar-refractivity contribution is 0.0600. The number of benzene rings is 2. The number of aryl methyl sites for hydroxylation is 1. The molecular weight excluding hydrogens is 268 g/mol. The number of rotatable bonds is 3. The number of carbonyl (C=O) groups is 2. The quantitative estimate of drug-likeness (QED) is 0.670. The van der Waals surface area contributed by atoms with Crippen LogP contribution in [-0.4, -0.2) is 19.0 Å². The van der Waals surface area contributed by atoms with Gasteiger partial charge < -0.3 is 15.8 Å². The molecule has 0 radical (unpaired) electrons. The largest absolute Gasteiger partial charge is 0.465 e. The van der Waals surface area contributed by atoms with Gasteiger partial charge in [-0.05, 0) is 36.8 Å². The molecule has 0 aliphatic carbocycles. The number of ether oxygens (including phenoxy) is 1. The van der Waals surface area contributed by atoms with E-state index in [9.17, 15) is 9.59 Å². The van der Waals surface area contributed by atoms with Crippen LogP contribution in [0.5, 0.6) is 0 Å². The summed E-state index contributed by atoms with van der Waals surface area (Å²) in [5.41, 5.74) is 8.35. The first-order valence-electron chi connectivity index (χ1n) is 6.37. The number of esters is 1. The highest BCUT2D eigenvalue weighted by Gasteiger charge is 2.13. The first-order valence-corrected chi connectivity index (χ1v) is 6.37. The van der Waals surface area contributed by atoms with Crippen LogP contribution in [0.2, 0.25) is 0 Å². The summed E-state index contributed by atoms with van der Waals surface area (Å²) in [6.07, 6.45) is 0. The van der Waals surface area contributed by atoms with Crippen LogP contribution in [0.25, 0.3) is 0 Å². The first kappa shape index (κ1) is 14.6. The molecule has 108 valence electrons. The third kappa shape index (κ3) is 3.20. The van der Waals surface area contributed by atoms with Crippen molar-refractivity contribution in [3.8, 4) is 0 Å². The predicted molar refractivity (Wildman–Crippen MR) is 81.3 cm³/mol. The molecule has 0 saturated carbocycles. The average molecular weight is 284 g/mol. The Bertz CT molecular complexity index is 675. The van der Waals surface area contributed by atoms with Crippen LogP contribution in [0.15, 0.2) is 42.5 Å². The number of nitrogens with one attached hydrogen (secondary N) is 1. The lowest BCUT2D eigenvalue weighted by Crippen LogP contribution is -2.16. The highest BCUT2D eigenvalue weighted by molar-refractivity contribution is 6.09. The standard InChI is InChI=1S/C16H16N2O3/c1-10-5-3-8-13(17)14(10)15(19)18-12-7-4-6-11(9-12)16(20)21-2/h3-9H,17H2,1-2H3,(H,18,19). The van der Waals surface area contributed by atoms with Crippen LogP contribution in [0, 0.1) is 6.92 Å². The molecule has 0 aliphatic rings. The fraction of sp³-hybridized carbons (Fsp3) is 0.125. The van der Waals surface area contributed by atoms with Crippen molar-refractivity contribution in [3.05, 3.63) is 59.2 Å². The van der Waals surface area contributed by atoms with Crippen LogP contribution in [0.4, 0.5) is 11.4 Å². The molecule has 5 heteroatoms. The van der Waals surface area contributed by atoms with Crippen LogP contribution >= 0.6 is 0 Å². The smallest absolute Gasteiger partial charge is 0.337 e. The summed E-state index contributed by atoms with van der Waals surface area (Å²) in [7, 11) is 1.31. The fourth-order valence-corrected chi connectivity index (χ4v) is 2.04. The Balaban J connectivity index is 2.26. The van der Waals surface area contributed by atoms with Crippen molar-refractivity contribution in [3.63, 3.8) is 0 Å². The summed E-state index contributed by atoms with van der Waals surface area (Å²) in [6.45, 7) is 1.82. The number of carbonyl (C=O) groups excluding carboxylic acids is 2. The lowest BCUT2D eigenvalue weighted by Gasteiger charge is -2.10. The van der Waals surface area contributed by atoms with Gasteiger partial charge in [-0.3, -0.25) is 4.79 Å². The van der Waals surface area contributed by atoms with Gasteiger partial charge in [0.2, 0.25) is 0 Å². The Labute approximate surface area is 122 Å². The number of amides is 1. The van der Waals surface area contributed by atoms with Gasteiger partial charge in [-0.1, -0.05) is 18.2 Å². The van der Waals surface area contributed by atoms with E-state index in [4.69, 9.17) is 5.73 Å². The van der Waals surface area contributed by atoms with Crippen molar-refractivity contribution in [2.24, 2.45) is 0 Å². The maximum Gasteiger partial charge on any atom is 0.337 e. The maximum atomic E-state index is 12.3. The zero-order valence-electron chi connectivity index (χ0n) is 11.8. The average Bonchev–Trinajstić information content (AvgIpc) is 2.46. The number of hydrogen-bond donors (Lipinski definition) is 2. The Hall–Kier alpha value is -2.82. The third-order valence-corrected chi connectivity index (χ3v) is 3.07. The van der Waals surface area contributed by atoms with Gasteiger partial charge >= 0.3 is 5.97 Å². The van der Waals surface area contributed by atoms with Crippen molar-refractivity contribution < 1.29 is 14.3 Å². The Morgan fingerprint density at radius 3 is 2.52 bits per heavy atom. The summed E-state index contributed by atoms with van der Waals surface area (Å²) in [4.78, 5) is 23.8. The third-order valence-electron chi connectivity index (χ3n) is 3.07. The molecule has 1 amide bonds. The molecule has 0 saturated heterocycles. The molecule has 0 unspecified atom stereocenters. The summed E-state index contributed by atoms with van der Waals surface area (Å²) in [5.74, 6) is -0.769. The SMILES string of the molecule is COC(=O)c1cccc(NC(=O)c2c(C)cccc2N)c1. The molecule has 0 fully saturated rings. The van der Waals surface area contributed by atoms with Crippen molar-refractivity contribution >= 4 is 23.3 Å². The molecule has 0 heterocycles. The maximum absolute atomic E-state index is 12.3. The molecule has 2 aromatic rings. The van der Waals surface area contributed by atoms with Crippen LogP contribution < -0.4 is 11.1 Å². The highest BCUT2D eigenvalue weighted by atomic mass is 16.5. The Morgan fingerprint density at radius 2 is 1.86 bits per heavy atom. The second-order valence-corrected chi connectivity index (χ2v) is 4.57. The summed E-state index contributed by atoms with van der Waals surface area (Å²) in [5, 5.41) is 2.73. The normalized spacial score (nSPS) is 10.0. The molecule has 2 rings (SSSR count). The minimum absolute atomic E-state index is 0.312. The number of nitrogens with two attached hydrogens (primary N) is 1. The number of anilines is 2. The van der Waals surface area contributed by atoms with Crippen molar-refractivity contribution in [1.29, 1.82) is 0 Å².